The van der Waals surface area contributed by atoms with Gasteiger partial charge in [0.25, 0.3) is 0 Å². The van der Waals surface area contributed by atoms with Gasteiger partial charge in [-0.05, 0) is 13.0 Å². The lowest BCUT2D eigenvalue weighted by Crippen LogP contribution is -1.53. The number of hydrogen-bond donors (Lipinski definition) is 0. The molecular formula is C7H11F. The van der Waals surface area contributed by atoms with Gasteiger partial charge in [0.15, 0.2) is 0 Å². The van der Waals surface area contributed by atoms with E-state index in [-0.39, 0.29) is 5.83 Å². The van der Waals surface area contributed by atoms with E-state index in [1.165, 1.54) is 12.2 Å². The second-order valence-electron chi connectivity index (χ2n) is 0.878. The Morgan fingerprint density at radius 2 is 1.88 bits per heavy atom. The van der Waals surface area contributed by atoms with Crippen molar-refractivity contribution in [2.75, 3.05) is 0 Å². The molecule has 0 fully saturated rings. The van der Waals surface area contributed by atoms with Crippen molar-refractivity contribution < 1.29 is 4.39 Å². The molecule has 0 atom stereocenters. The predicted octanol–water partition coefficient (Wildman–Crippen LogP) is 2.85. The lowest BCUT2D eigenvalue weighted by atomic mass is 10.5. The van der Waals surface area contributed by atoms with Crippen LogP contribution in [0.2, 0.25) is 0 Å². The summed E-state index contributed by atoms with van der Waals surface area (Å²) in [4.78, 5) is 0. The number of halogens is 1. The van der Waals surface area contributed by atoms with Gasteiger partial charge >= 0.3 is 0 Å². The Labute approximate surface area is 50.0 Å². The summed E-state index contributed by atoms with van der Waals surface area (Å²) in [6.45, 7) is 10.8. The zero-order valence-electron chi connectivity index (χ0n) is 5.15. The Balaban J connectivity index is 0. The second kappa shape index (κ2) is 9.47. The molecule has 0 spiro atoms. The third-order valence-electron chi connectivity index (χ3n) is 0.471. The Bertz CT molecular complexity index is 82.4. The summed E-state index contributed by atoms with van der Waals surface area (Å²) in [6.07, 6.45) is 2.52. The summed E-state index contributed by atoms with van der Waals surface area (Å²) in [5.41, 5.74) is 0. The highest BCUT2D eigenvalue weighted by Crippen LogP contribution is 1.92. The SMILES string of the molecule is C=C.C=C/C(F)=C\C. The minimum absolute atomic E-state index is 0.269. The lowest BCUT2D eigenvalue weighted by molar-refractivity contribution is 0.665. The molecule has 0 nitrogen and oxygen atoms in total. The van der Waals surface area contributed by atoms with E-state index in [0.29, 0.717) is 0 Å². The van der Waals surface area contributed by atoms with Crippen LogP contribution in [0.15, 0.2) is 37.7 Å². The third kappa shape index (κ3) is 8.94. The van der Waals surface area contributed by atoms with Gasteiger partial charge in [-0.3, -0.25) is 0 Å². The quantitative estimate of drug-likeness (QED) is 0.363. The van der Waals surface area contributed by atoms with Gasteiger partial charge in [-0.2, -0.15) is 0 Å². The predicted molar refractivity (Wildman–Crippen MR) is 36.3 cm³/mol. The molecule has 0 aliphatic rings. The van der Waals surface area contributed by atoms with Gasteiger partial charge in [0, 0.05) is 0 Å². The van der Waals surface area contributed by atoms with Crippen LogP contribution in [0.3, 0.4) is 0 Å². The van der Waals surface area contributed by atoms with E-state index in [1.54, 1.807) is 6.92 Å². The molecule has 0 aromatic rings. The summed E-state index contributed by atoms with van der Waals surface area (Å²) < 4.78 is 11.6. The van der Waals surface area contributed by atoms with Crippen LogP contribution in [0.5, 0.6) is 0 Å². The molecule has 0 heterocycles. The van der Waals surface area contributed by atoms with E-state index in [4.69, 9.17) is 0 Å². The molecule has 0 amide bonds. The largest absolute Gasteiger partial charge is 0.207 e. The fraction of sp³-hybridized carbons (Fsp3) is 0.143. The summed E-state index contributed by atoms with van der Waals surface area (Å²) in [7, 11) is 0. The molecular weight excluding hydrogens is 103 g/mol. The summed E-state index contributed by atoms with van der Waals surface area (Å²) in [5.74, 6) is -0.269. The van der Waals surface area contributed by atoms with Crippen LogP contribution in [-0.4, -0.2) is 0 Å². The van der Waals surface area contributed by atoms with Gasteiger partial charge in [-0.15, -0.1) is 13.2 Å². The van der Waals surface area contributed by atoms with E-state index in [2.05, 4.69) is 19.7 Å². The molecule has 0 saturated carbocycles. The van der Waals surface area contributed by atoms with Crippen molar-refractivity contribution in [1.82, 2.24) is 0 Å². The third-order valence-corrected chi connectivity index (χ3v) is 0.471. The van der Waals surface area contributed by atoms with Crippen LogP contribution >= 0.6 is 0 Å². The smallest absolute Gasteiger partial charge is 0.118 e. The van der Waals surface area contributed by atoms with Crippen molar-refractivity contribution >= 4 is 0 Å². The minimum atomic E-state index is -0.269. The van der Waals surface area contributed by atoms with E-state index in [9.17, 15) is 4.39 Å². The maximum absolute atomic E-state index is 11.6. The van der Waals surface area contributed by atoms with Gasteiger partial charge in [-0.25, -0.2) is 4.39 Å². The first kappa shape index (κ1) is 10.2. The maximum atomic E-state index is 11.6. The fourth-order valence-corrected chi connectivity index (χ4v) is 0.118. The van der Waals surface area contributed by atoms with E-state index >= 15 is 0 Å². The summed E-state index contributed by atoms with van der Waals surface area (Å²) in [5, 5.41) is 0. The van der Waals surface area contributed by atoms with Crippen molar-refractivity contribution in [3.8, 4) is 0 Å². The molecule has 0 radical (unpaired) electrons. The summed E-state index contributed by atoms with van der Waals surface area (Å²) in [6, 6.07) is 0. The maximum Gasteiger partial charge on any atom is 0.118 e. The Kier molecular flexibility index (Phi) is 12.1. The first-order valence-electron chi connectivity index (χ1n) is 2.25. The topological polar surface area (TPSA) is 0 Å². The van der Waals surface area contributed by atoms with Crippen LogP contribution in [-0.2, 0) is 0 Å². The van der Waals surface area contributed by atoms with Crippen molar-refractivity contribution in [2.45, 2.75) is 6.92 Å². The van der Waals surface area contributed by atoms with Crippen molar-refractivity contribution in [3.63, 3.8) is 0 Å². The van der Waals surface area contributed by atoms with Crippen LogP contribution in [0, 0.1) is 0 Å². The fourth-order valence-electron chi connectivity index (χ4n) is 0.118. The molecule has 46 valence electrons. The average Bonchev–Trinajstić information content (AvgIpc) is 1.91. The molecule has 0 rings (SSSR count). The van der Waals surface area contributed by atoms with Gasteiger partial charge in [0.1, 0.15) is 5.83 Å². The highest BCUT2D eigenvalue weighted by Gasteiger charge is 1.73. The molecule has 0 N–H and O–H groups in total. The van der Waals surface area contributed by atoms with E-state index in [1.807, 2.05) is 0 Å². The van der Waals surface area contributed by atoms with Gasteiger partial charge in [0.2, 0.25) is 0 Å². The molecule has 0 aromatic carbocycles. The monoisotopic (exact) mass is 114 g/mol. The average molecular weight is 114 g/mol. The molecule has 0 aromatic heterocycles. The lowest BCUT2D eigenvalue weighted by Gasteiger charge is -1.72. The van der Waals surface area contributed by atoms with Crippen LogP contribution < -0.4 is 0 Å². The number of allylic oxidation sites excluding steroid dienone is 3. The highest BCUT2D eigenvalue weighted by molar-refractivity contribution is 5.04. The normalized spacial score (nSPS) is 9.00. The Hall–Kier alpha value is -0.850. The molecule has 0 saturated heterocycles. The van der Waals surface area contributed by atoms with E-state index < -0.39 is 0 Å². The molecule has 0 bridgehead atoms. The van der Waals surface area contributed by atoms with E-state index in [0.717, 1.165) is 0 Å². The molecule has 0 unspecified atom stereocenters. The van der Waals surface area contributed by atoms with Crippen LogP contribution in [0.25, 0.3) is 0 Å². The first-order chi connectivity index (χ1) is 3.81. The molecule has 8 heavy (non-hydrogen) atoms. The highest BCUT2D eigenvalue weighted by atomic mass is 19.1. The standard InChI is InChI=1S/C5H7F.C2H4/c1-3-5(6)4-2;1-2/h3-4H,1H2,2H3;1-2H2/b5-4+;. The van der Waals surface area contributed by atoms with Crippen molar-refractivity contribution in [3.05, 3.63) is 37.7 Å². The van der Waals surface area contributed by atoms with Crippen molar-refractivity contribution in [2.24, 2.45) is 0 Å². The van der Waals surface area contributed by atoms with Crippen LogP contribution in [0.4, 0.5) is 4.39 Å². The minimum Gasteiger partial charge on any atom is -0.207 e. The Morgan fingerprint density at radius 1 is 1.50 bits per heavy atom. The van der Waals surface area contributed by atoms with Crippen molar-refractivity contribution in [1.29, 1.82) is 0 Å². The van der Waals surface area contributed by atoms with Gasteiger partial charge in [-0.1, -0.05) is 12.7 Å². The zero-order valence-corrected chi connectivity index (χ0v) is 5.15. The van der Waals surface area contributed by atoms with Gasteiger partial charge in [0.05, 0.1) is 0 Å². The van der Waals surface area contributed by atoms with Gasteiger partial charge < -0.3 is 0 Å². The first-order valence-corrected chi connectivity index (χ1v) is 2.25. The number of rotatable bonds is 1. The van der Waals surface area contributed by atoms with Crippen LogP contribution in [0.1, 0.15) is 6.92 Å². The zero-order chi connectivity index (χ0) is 6.99. The molecule has 1 heteroatoms. The second-order valence-corrected chi connectivity index (χ2v) is 0.878. The number of hydrogen-bond acceptors (Lipinski definition) is 0. The molecule has 0 aliphatic carbocycles. The summed E-state index contributed by atoms with van der Waals surface area (Å²) >= 11 is 0. The Morgan fingerprint density at radius 3 is 1.88 bits per heavy atom. The molecule has 0 aliphatic heterocycles.